The second-order valence-corrected chi connectivity index (χ2v) is 12.2. The number of rotatable bonds is 9. The fraction of sp³-hybridized carbons (Fsp3) is 0.258. The Morgan fingerprint density at radius 2 is 1.84 bits per heavy atom. The Bertz CT molecular complexity index is 1700. The first kappa shape index (κ1) is 29.9. The van der Waals surface area contributed by atoms with Gasteiger partial charge in [0.05, 0.1) is 40.9 Å². The van der Waals surface area contributed by atoms with Gasteiger partial charge in [-0.2, -0.15) is 5.26 Å². The summed E-state index contributed by atoms with van der Waals surface area (Å²) in [6.07, 6.45) is 1.54. The number of pyridine rings is 1. The van der Waals surface area contributed by atoms with Gasteiger partial charge in [-0.05, 0) is 52.9 Å². The molecule has 0 aliphatic carbocycles. The normalized spacial score (nSPS) is 14.4. The lowest BCUT2D eigenvalue weighted by atomic mass is 9.70. The largest absolute Gasteiger partial charge is 0.497 e. The summed E-state index contributed by atoms with van der Waals surface area (Å²) >= 11 is 6.80. The molecule has 0 saturated carbocycles. The van der Waals surface area contributed by atoms with E-state index in [2.05, 4.69) is 58.6 Å². The summed E-state index contributed by atoms with van der Waals surface area (Å²) in [7, 11) is 3.60. The summed E-state index contributed by atoms with van der Waals surface area (Å²) in [5.74, 6) is 1.03. The van der Waals surface area contributed by atoms with Crippen LogP contribution in [0.15, 0.2) is 72.0 Å². The number of nitrogens with zero attached hydrogens (tertiary/aromatic N) is 4. The molecule has 3 aromatic carbocycles. The molecular weight excluding hydrogens is 566 g/mol. The summed E-state index contributed by atoms with van der Waals surface area (Å²) in [5, 5.41) is 24.6. The van der Waals surface area contributed by atoms with Gasteiger partial charge in [-0.25, -0.2) is 9.93 Å². The van der Waals surface area contributed by atoms with Crippen LogP contribution in [0.2, 0.25) is 5.02 Å². The van der Waals surface area contributed by atoms with Crippen LogP contribution in [0, 0.1) is 22.6 Å². The zero-order valence-electron chi connectivity index (χ0n) is 24.7. The number of hydrogen-bond acceptors (Lipinski definition) is 9. The predicted molar refractivity (Wildman–Crippen MR) is 172 cm³/mol. The first-order valence-electron chi connectivity index (χ1n) is 13.8. The van der Waals surface area contributed by atoms with Crippen LogP contribution in [0.1, 0.15) is 37.5 Å². The number of fused-ring (bicyclic) bond motifs is 1. The number of hydrogen-bond donors (Lipinski definition) is 4. The Hall–Kier alpha value is -4.53. The number of aromatic nitrogens is 1. The molecule has 0 fully saturated rings. The molecule has 1 unspecified atom stereocenters. The number of ether oxygens (including phenoxy) is 1. The van der Waals surface area contributed by atoms with Crippen molar-refractivity contribution in [2.75, 3.05) is 24.3 Å². The molecule has 0 radical (unpaired) electrons. The van der Waals surface area contributed by atoms with Crippen LogP contribution in [-0.4, -0.2) is 37.3 Å². The third-order valence-electron chi connectivity index (χ3n) is 7.21. The number of benzene rings is 3. The van der Waals surface area contributed by atoms with Gasteiger partial charge in [0.15, 0.2) is 13.7 Å². The molecule has 0 saturated heterocycles. The maximum absolute atomic E-state index is 14.1. The van der Waals surface area contributed by atoms with E-state index in [1.54, 1.807) is 25.3 Å². The third-order valence-corrected chi connectivity index (χ3v) is 7.49. The molecule has 12 heteroatoms. The predicted octanol–water partition coefficient (Wildman–Crippen LogP) is 5.10. The van der Waals surface area contributed by atoms with E-state index in [9.17, 15) is 9.65 Å². The van der Waals surface area contributed by atoms with E-state index in [0.29, 0.717) is 51.8 Å². The van der Waals surface area contributed by atoms with Crippen molar-refractivity contribution in [3.63, 3.8) is 0 Å². The highest BCUT2D eigenvalue weighted by Gasteiger charge is 2.39. The molecule has 1 aliphatic heterocycles. The minimum Gasteiger partial charge on any atom is -0.497 e. The van der Waals surface area contributed by atoms with E-state index in [0.717, 1.165) is 16.9 Å². The molecule has 220 valence electrons. The quantitative estimate of drug-likeness (QED) is 0.197. The number of hydrazone groups is 1. The molecule has 9 nitrogen and oxygen atoms in total. The molecule has 0 amide bonds. The van der Waals surface area contributed by atoms with Crippen molar-refractivity contribution in [2.24, 2.45) is 10.5 Å². The van der Waals surface area contributed by atoms with E-state index in [1.165, 1.54) is 18.3 Å². The standard InChI is InChI=1S/C31H33BClFN8O/c1-30(2,3)18-37-27-20(15-35)16-36-28-25(27)13-23(14-26(28)33)38-31(32,21-7-9-22(34)10-8-21)29-39-40-41-42(29)17-19-5-11-24(43-4)12-6-19/h5-14,16,38,40-41H,17-18,32H2,1-4H3,(H,36,37). The molecule has 1 aliphatic rings. The lowest BCUT2D eigenvalue weighted by molar-refractivity contribution is 0.280. The smallest absolute Gasteiger partial charge is 0.163 e. The van der Waals surface area contributed by atoms with Crippen LogP contribution in [0.4, 0.5) is 15.8 Å². The number of nitrogens with one attached hydrogen (secondary N) is 4. The second kappa shape index (κ2) is 12.0. The summed E-state index contributed by atoms with van der Waals surface area (Å²) in [6, 6.07) is 20.0. The van der Waals surface area contributed by atoms with Gasteiger partial charge < -0.3 is 15.4 Å². The Balaban J connectivity index is 1.57. The number of nitriles is 1. The molecule has 4 aromatic rings. The first-order chi connectivity index (χ1) is 20.5. The van der Waals surface area contributed by atoms with E-state index in [4.69, 9.17) is 16.3 Å². The molecule has 4 N–H and O–H groups in total. The van der Waals surface area contributed by atoms with Gasteiger partial charge in [0.2, 0.25) is 0 Å². The monoisotopic (exact) mass is 598 g/mol. The topological polar surface area (TPSA) is 110 Å². The molecule has 0 spiro atoms. The fourth-order valence-electron chi connectivity index (χ4n) is 4.95. The van der Waals surface area contributed by atoms with Crippen LogP contribution < -0.4 is 26.4 Å². The van der Waals surface area contributed by atoms with Gasteiger partial charge in [-0.1, -0.05) is 56.6 Å². The summed E-state index contributed by atoms with van der Waals surface area (Å²) in [6.45, 7) is 7.46. The fourth-order valence-corrected chi connectivity index (χ4v) is 5.22. The second-order valence-electron chi connectivity index (χ2n) is 11.8. The lowest BCUT2D eigenvalue weighted by Gasteiger charge is -2.36. The van der Waals surface area contributed by atoms with Gasteiger partial charge >= 0.3 is 0 Å². The van der Waals surface area contributed by atoms with E-state index >= 15 is 0 Å². The highest BCUT2D eigenvalue weighted by Crippen LogP contribution is 2.36. The Morgan fingerprint density at radius 3 is 2.49 bits per heavy atom. The zero-order valence-corrected chi connectivity index (χ0v) is 25.5. The van der Waals surface area contributed by atoms with Crippen molar-refractivity contribution in [1.29, 1.82) is 5.26 Å². The molecule has 2 heterocycles. The minimum absolute atomic E-state index is 0.0307. The number of amidine groups is 1. The average molecular weight is 599 g/mol. The van der Waals surface area contributed by atoms with Gasteiger partial charge in [0.25, 0.3) is 0 Å². The molecular formula is C31H33BClFN8O. The molecule has 5 rings (SSSR count). The van der Waals surface area contributed by atoms with Gasteiger partial charge in [-0.3, -0.25) is 9.99 Å². The number of halogens is 2. The highest BCUT2D eigenvalue weighted by molar-refractivity contribution is 6.36. The van der Waals surface area contributed by atoms with Crippen LogP contribution in [0.5, 0.6) is 5.75 Å². The van der Waals surface area contributed by atoms with Crippen LogP contribution in [0.25, 0.3) is 10.9 Å². The van der Waals surface area contributed by atoms with Crippen LogP contribution in [0.3, 0.4) is 0 Å². The number of methoxy groups -OCH3 is 1. The number of hydrazine groups is 2. The third kappa shape index (κ3) is 6.46. The van der Waals surface area contributed by atoms with Crippen LogP contribution in [-0.2, 0) is 12.0 Å². The van der Waals surface area contributed by atoms with Gasteiger partial charge in [0, 0.05) is 23.8 Å². The molecule has 0 bridgehead atoms. The van der Waals surface area contributed by atoms with Crippen molar-refractivity contribution < 1.29 is 9.13 Å². The van der Waals surface area contributed by atoms with Crippen molar-refractivity contribution in [3.05, 3.63) is 94.4 Å². The summed E-state index contributed by atoms with van der Waals surface area (Å²) in [5.41, 5.74) is 9.10. The Kier molecular flexibility index (Phi) is 8.35. The van der Waals surface area contributed by atoms with E-state index < -0.39 is 5.44 Å². The number of anilines is 2. The molecule has 1 aromatic heterocycles. The molecule has 43 heavy (non-hydrogen) atoms. The zero-order chi connectivity index (χ0) is 30.8. The van der Waals surface area contributed by atoms with E-state index in [-0.39, 0.29) is 11.2 Å². The van der Waals surface area contributed by atoms with Gasteiger partial charge in [0.1, 0.15) is 17.6 Å². The minimum atomic E-state index is -0.965. The summed E-state index contributed by atoms with van der Waals surface area (Å²) < 4.78 is 19.4. The Morgan fingerprint density at radius 1 is 1.12 bits per heavy atom. The summed E-state index contributed by atoms with van der Waals surface area (Å²) in [4.78, 5) is 4.49. The van der Waals surface area contributed by atoms with E-state index in [1.807, 2.05) is 43.2 Å². The van der Waals surface area contributed by atoms with Crippen molar-refractivity contribution in [3.8, 4) is 11.8 Å². The SMILES string of the molecule is BC(Nc1cc(Cl)c2ncc(C#N)c(NCC(C)(C)C)c2c1)(C1=NNNN1Cc1ccc(OC)cc1)c1ccc(F)cc1. The maximum Gasteiger partial charge on any atom is 0.163 e. The van der Waals surface area contributed by atoms with Crippen molar-refractivity contribution in [2.45, 2.75) is 32.8 Å². The van der Waals surface area contributed by atoms with Gasteiger partial charge in [-0.15, -0.1) is 10.6 Å². The van der Waals surface area contributed by atoms with Crippen LogP contribution >= 0.6 is 11.6 Å². The maximum atomic E-state index is 14.1. The average Bonchev–Trinajstić information content (AvgIpc) is 3.45. The Labute approximate surface area is 256 Å². The highest BCUT2D eigenvalue weighted by atomic mass is 35.5. The first-order valence-corrected chi connectivity index (χ1v) is 14.2. The van der Waals surface area contributed by atoms with Crippen molar-refractivity contribution >= 4 is 47.6 Å². The lowest BCUT2D eigenvalue weighted by Crippen LogP contribution is -2.53. The molecule has 1 atom stereocenters. The van der Waals surface area contributed by atoms with Crippen molar-refractivity contribution in [1.82, 2.24) is 21.1 Å².